The zero-order valence-electron chi connectivity index (χ0n) is 18.1. The van der Waals surface area contributed by atoms with Crippen molar-refractivity contribution in [1.82, 2.24) is 25.1 Å². The Hall–Kier alpha value is -2.67. The lowest BCUT2D eigenvalue weighted by Gasteiger charge is -2.37. The van der Waals surface area contributed by atoms with Gasteiger partial charge in [-0.15, -0.1) is 0 Å². The highest BCUT2D eigenvalue weighted by Gasteiger charge is 2.28. The zero-order chi connectivity index (χ0) is 20.9. The molecule has 4 rings (SSSR count). The van der Waals surface area contributed by atoms with Crippen LogP contribution < -0.4 is 10.2 Å². The monoisotopic (exact) mass is 408 g/mol. The van der Waals surface area contributed by atoms with E-state index in [0.717, 1.165) is 80.4 Å². The van der Waals surface area contributed by atoms with Crippen LogP contribution in [0.4, 0.5) is 10.6 Å². The fraction of sp³-hybridized carbons (Fsp3) is 0.522. The topological polar surface area (TPSA) is 64.6 Å². The van der Waals surface area contributed by atoms with Crippen molar-refractivity contribution in [3.8, 4) is 11.4 Å². The summed E-state index contributed by atoms with van der Waals surface area (Å²) in [7, 11) is 2.16. The van der Waals surface area contributed by atoms with E-state index in [1.807, 2.05) is 23.1 Å². The molecule has 1 aromatic carbocycles. The molecule has 1 aromatic heterocycles. The molecule has 0 radical (unpaired) electrons. The van der Waals surface area contributed by atoms with Crippen molar-refractivity contribution in [1.29, 1.82) is 0 Å². The predicted molar refractivity (Wildman–Crippen MR) is 120 cm³/mol. The molecule has 2 aliphatic heterocycles. The minimum absolute atomic E-state index is 0.0190. The largest absolute Gasteiger partial charge is 0.354 e. The smallest absolute Gasteiger partial charge is 0.317 e. The zero-order valence-corrected chi connectivity index (χ0v) is 18.1. The molecule has 0 spiro atoms. The van der Waals surface area contributed by atoms with E-state index in [1.165, 1.54) is 0 Å². The van der Waals surface area contributed by atoms with E-state index in [9.17, 15) is 4.79 Å². The summed E-state index contributed by atoms with van der Waals surface area (Å²) in [6.07, 6.45) is 2.85. The first kappa shape index (κ1) is 20.6. The van der Waals surface area contributed by atoms with Crippen LogP contribution >= 0.6 is 0 Å². The van der Waals surface area contributed by atoms with E-state index in [2.05, 4.69) is 41.2 Å². The van der Waals surface area contributed by atoms with Gasteiger partial charge in [-0.05, 0) is 13.5 Å². The fourth-order valence-electron chi connectivity index (χ4n) is 4.05. The van der Waals surface area contributed by atoms with Crippen LogP contribution in [0.3, 0.4) is 0 Å². The van der Waals surface area contributed by atoms with Crippen LogP contribution in [0.5, 0.6) is 0 Å². The van der Waals surface area contributed by atoms with Crippen molar-refractivity contribution in [3.05, 3.63) is 41.6 Å². The number of hydrogen-bond acceptors (Lipinski definition) is 5. The summed E-state index contributed by atoms with van der Waals surface area (Å²) >= 11 is 0. The van der Waals surface area contributed by atoms with Crippen molar-refractivity contribution in [2.75, 3.05) is 51.2 Å². The molecule has 2 amide bonds. The first-order valence-corrected chi connectivity index (χ1v) is 11.1. The molecular weight excluding hydrogens is 376 g/mol. The third-order valence-electron chi connectivity index (χ3n) is 5.97. The van der Waals surface area contributed by atoms with Crippen molar-refractivity contribution >= 4 is 11.8 Å². The van der Waals surface area contributed by atoms with Gasteiger partial charge in [-0.3, -0.25) is 0 Å². The van der Waals surface area contributed by atoms with Crippen molar-refractivity contribution < 1.29 is 4.79 Å². The normalized spacial score (nSPS) is 17.0. The van der Waals surface area contributed by atoms with Gasteiger partial charge in [0.1, 0.15) is 5.82 Å². The Balaban J connectivity index is 1.64. The number of anilines is 1. The highest BCUT2D eigenvalue weighted by molar-refractivity contribution is 5.75. The van der Waals surface area contributed by atoms with Gasteiger partial charge in [0.15, 0.2) is 5.82 Å². The molecule has 30 heavy (non-hydrogen) atoms. The molecule has 7 nitrogen and oxygen atoms in total. The quantitative estimate of drug-likeness (QED) is 0.771. The summed E-state index contributed by atoms with van der Waals surface area (Å²) in [5.41, 5.74) is 3.22. The summed E-state index contributed by atoms with van der Waals surface area (Å²) in [6.45, 7) is 8.04. The molecule has 0 atom stereocenters. The predicted octanol–water partition coefficient (Wildman–Crippen LogP) is 2.76. The number of piperazine rings is 1. The number of unbranched alkanes of at least 4 members (excludes halogenated alkanes) is 1. The molecule has 1 saturated heterocycles. The number of nitrogens with one attached hydrogen (secondary N) is 1. The number of nitrogens with zero attached hydrogens (tertiary/aromatic N) is 5. The van der Waals surface area contributed by atoms with Crippen LogP contribution in [0.15, 0.2) is 30.3 Å². The van der Waals surface area contributed by atoms with Crippen molar-refractivity contribution in [3.63, 3.8) is 0 Å². The number of benzene rings is 1. The Morgan fingerprint density at radius 3 is 2.57 bits per heavy atom. The van der Waals surface area contributed by atoms with Crippen LogP contribution in [0, 0.1) is 0 Å². The van der Waals surface area contributed by atoms with E-state index in [4.69, 9.17) is 9.97 Å². The van der Waals surface area contributed by atoms with E-state index in [1.54, 1.807) is 0 Å². The van der Waals surface area contributed by atoms with Gasteiger partial charge in [0.25, 0.3) is 0 Å². The molecule has 1 N–H and O–H groups in total. The fourth-order valence-corrected chi connectivity index (χ4v) is 4.05. The first-order valence-electron chi connectivity index (χ1n) is 11.1. The average Bonchev–Trinajstić information content (AvgIpc) is 2.79. The maximum atomic E-state index is 12.7. The number of hydrogen-bond donors (Lipinski definition) is 1. The van der Waals surface area contributed by atoms with Gasteiger partial charge in [0.05, 0.1) is 12.2 Å². The number of urea groups is 1. The molecule has 0 unspecified atom stereocenters. The van der Waals surface area contributed by atoms with Crippen LogP contribution in [-0.4, -0.2) is 72.1 Å². The maximum absolute atomic E-state index is 12.7. The third-order valence-corrected chi connectivity index (χ3v) is 5.97. The molecular formula is C23H32N6O. The molecule has 3 heterocycles. The highest BCUT2D eigenvalue weighted by Crippen LogP contribution is 2.30. The SMILES string of the molecule is CCCCNC(=O)N1CCc2nc(-c3ccccc3)nc(N3CCN(C)CC3)c2C1. The number of aromatic nitrogens is 2. The number of rotatable bonds is 5. The standard InChI is InChI=1S/C23H32N6O/c1-3-4-11-24-23(30)29-12-10-20-19(17-29)22(28-15-13-27(2)14-16-28)26-21(25-20)18-8-6-5-7-9-18/h5-9H,3-4,10-17H2,1-2H3,(H,24,30). The summed E-state index contributed by atoms with van der Waals surface area (Å²) in [4.78, 5) is 29.2. The van der Waals surface area contributed by atoms with Crippen LogP contribution in [0.1, 0.15) is 31.0 Å². The van der Waals surface area contributed by atoms with Gasteiger partial charge in [0.2, 0.25) is 0 Å². The Morgan fingerprint density at radius 1 is 1.07 bits per heavy atom. The molecule has 7 heteroatoms. The van der Waals surface area contributed by atoms with Crippen LogP contribution in [0.25, 0.3) is 11.4 Å². The van der Waals surface area contributed by atoms with Crippen LogP contribution in [0.2, 0.25) is 0 Å². The number of amides is 2. The van der Waals surface area contributed by atoms with Gasteiger partial charge in [0, 0.05) is 56.8 Å². The lowest BCUT2D eigenvalue weighted by Crippen LogP contribution is -2.47. The Kier molecular flexibility index (Phi) is 6.47. The molecule has 0 aliphatic carbocycles. The highest BCUT2D eigenvalue weighted by atomic mass is 16.2. The second kappa shape index (κ2) is 9.43. The number of carbonyl (C=O) groups is 1. The Labute approximate surface area is 179 Å². The van der Waals surface area contributed by atoms with Gasteiger partial charge in [-0.2, -0.15) is 0 Å². The summed E-state index contributed by atoms with van der Waals surface area (Å²) in [5.74, 6) is 1.78. The molecule has 2 aromatic rings. The van der Waals surface area contributed by atoms with Crippen molar-refractivity contribution in [2.45, 2.75) is 32.7 Å². The van der Waals surface area contributed by atoms with E-state index in [0.29, 0.717) is 13.1 Å². The number of carbonyl (C=O) groups excluding carboxylic acids is 1. The Morgan fingerprint density at radius 2 is 1.83 bits per heavy atom. The van der Waals surface area contributed by atoms with Gasteiger partial charge >= 0.3 is 6.03 Å². The number of fused-ring (bicyclic) bond motifs is 1. The minimum Gasteiger partial charge on any atom is -0.354 e. The van der Waals surface area contributed by atoms with Gasteiger partial charge in [-0.25, -0.2) is 14.8 Å². The molecule has 160 valence electrons. The van der Waals surface area contributed by atoms with E-state index in [-0.39, 0.29) is 6.03 Å². The summed E-state index contributed by atoms with van der Waals surface area (Å²) in [5, 5.41) is 3.05. The lowest BCUT2D eigenvalue weighted by atomic mass is 10.0. The van der Waals surface area contributed by atoms with Gasteiger partial charge in [-0.1, -0.05) is 43.7 Å². The van der Waals surface area contributed by atoms with E-state index >= 15 is 0 Å². The summed E-state index contributed by atoms with van der Waals surface area (Å²) in [6, 6.07) is 10.2. The lowest BCUT2D eigenvalue weighted by molar-refractivity contribution is 0.191. The maximum Gasteiger partial charge on any atom is 0.317 e. The first-order chi connectivity index (χ1) is 14.7. The van der Waals surface area contributed by atoms with Crippen molar-refractivity contribution in [2.24, 2.45) is 0 Å². The summed E-state index contributed by atoms with van der Waals surface area (Å²) < 4.78 is 0. The average molecular weight is 409 g/mol. The van der Waals surface area contributed by atoms with Gasteiger partial charge < -0.3 is 20.0 Å². The number of likely N-dealkylation sites (N-methyl/N-ethyl adjacent to an activating group) is 1. The second-order valence-electron chi connectivity index (χ2n) is 8.21. The molecule has 0 saturated carbocycles. The molecule has 1 fully saturated rings. The molecule has 0 bridgehead atoms. The molecule has 2 aliphatic rings. The second-order valence-corrected chi connectivity index (χ2v) is 8.21. The van der Waals surface area contributed by atoms with E-state index < -0.39 is 0 Å². The third kappa shape index (κ3) is 4.56. The van der Waals surface area contributed by atoms with Crippen LogP contribution in [-0.2, 0) is 13.0 Å². The minimum atomic E-state index is 0.0190. The Bertz CT molecular complexity index is 863.